The third kappa shape index (κ3) is 2.59. The van der Waals surface area contributed by atoms with Gasteiger partial charge in [-0.15, -0.1) is 0 Å². The monoisotopic (exact) mass is 269 g/mol. The topological polar surface area (TPSA) is 109 Å². The predicted octanol–water partition coefficient (Wildman–Crippen LogP) is -0.978. The maximum Gasteiger partial charge on any atom is 0.356 e. The molecule has 7 heteroatoms. The van der Waals surface area contributed by atoms with E-state index in [0.717, 1.165) is 0 Å². The molecule has 1 fully saturated rings. The number of rotatable bonds is 3. The predicted molar refractivity (Wildman–Crippen MR) is 62.3 cm³/mol. The van der Waals surface area contributed by atoms with Crippen molar-refractivity contribution in [2.24, 2.45) is 0 Å². The lowest BCUT2D eigenvalue weighted by atomic mass is 10.0. The highest BCUT2D eigenvalue weighted by Crippen LogP contribution is 2.33. The quantitative estimate of drug-likeness (QED) is 0.605. The minimum absolute atomic E-state index is 0.137. The third-order valence-electron chi connectivity index (χ3n) is 3.05. The molecule has 2 rings (SSSR count). The Balaban J connectivity index is 2.17. The van der Waals surface area contributed by atoms with Crippen LogP contribution >= 0.6 is 0 Å². The lowest BCUT2D eigenvalue weighted by Crippen LogP contribution is -2.32. The van der Waals surface area contributed by atoms with Crippen molar-refractivity contribution < 1.29 is 29.6 Å². The fourth-order valence-corrected chi connectivity index (χ4v) is 1.97. The molecule has 1 aromatic rings. The lowest BCUT2D eigenvalue weighted by Gasteiger charge is -2.14. The molecule has 0 saturated carbocycles. The molecule has 0 unspecified atom stereocenters. The number of hydrogen-bond acceptors (Lipinski definition) is 7. The molecule has 1 aromatic heterocycles. The summed E-state index contributed by atoms with van der Waals surface area (Å²) in [6, 6.07) is 3.00. The molecular formula is C12H15NO6. The zero-order valence-electron chi connectivity index (χ0n) is 10.3. The second-order valence-electron chi connectivity index (χ2n) is 4.23. The van der Waals surface area contributed by atoms with Gasteiger partial charge in [0.1, 0.15) is 30.1 Å². The molecule has 1 aliphatic rings. The molecule has 19 heavy (non-hydrogen) atoms. The average Bonchev–Trinajstić information content (AvgIpc) is 2.74. The Morgan fingerprint density at radius 3 is 2.63 bits per heavy atom. The second kappa shape index (κ2) is 5.62. The number of nitrogens with zero attached hydrogens (tertiary/aromatic N) is 1. The van der Waals surface area contributed by atoms with Crippen LogP contribution in [0.2, 0.25) is 0 Å². The summed E-state index contributed by atoms with van der Waals surface area (Å²) in [7, 11) is 1.25. The first-order valence-electron chi connectivity index (χ1n) is 5.75. The lowest BCUT2D eigenvalue weighted by molar-refractivity contribution is -0.0228. The Morgan fingerprint density at radius 2 is 2.16 bits per heavy atom. The van der Waals surface area contributed by atoms with Crippen LogP contribution in [0.15, 0.2) is 18.3 Å². The molecule has 2 heterocycles. The van der Waals surface area contributed by atoms with Gasteiger partial charge in [0.05, 0.1) is 13.7 Å². The van der Waals surface area contributed by atoms with Crippen LogP contribution in [-0.4, -0.2) is 58.3 Å². The van der Waals surface area contributed by atoms with Crippen molar-refractivity contribution in [1.82, 2.24) is 4.98 Å². The molecule has 0 bridgehead atoms. The molecule has 0 amide bonds. The molecule has 7 nitrogen and oxygen atoms in total. The van der Waals surface area contributed by atoms with Gasteiger partial charge >= 0.3 is 5.97 Å². The van der Waals surface area contributed by atoms with E-state index < -0.39 is 30.4 Å². The molecule has 0 aromatic carbocycles. The van der Waals surface area contributed by atoms with Gasteiger partial charge in [-0.25, -0.2) is 9.78 Å². The Labute approximate surface area is 109 Å². The van der Waals surface area contributed by atoms with E-state index in [1.807, 2.05) is 0 Å². The normalized spacial score (nSPS) is 30.3. The number of aliphatic hydroxyl groups is 3. The van der Waals surface area contributed by atoms with Gasteiger partial charge < -0.3 is 24.8 Å². The van der Waals surface area contributed by atoms with Crippen LogP contribution in [0.4, 0.5) is 0 Å². The number of ether oxygens (including phenoxy) is 2. The van der Waals surface area contributed by atoms with Gasteiger partial charge in [0, 0.05) is 11.8 Å². The van der Waals surface area contributed by atoms with E-state index in [4.69, 9.17) is 9.84 Å². The number of carbonyl (C=O) groups is 1. The number of carbonyl (C=O) groups excluding carboxylic acids is 1. The summed E-state index contributed by atoms with van der Waals surface area (Å²) in [6.45, 7) is -0.387. The van der Waals surface area contributed by atoms with E-state index in [-0.39, 0.29) is 12.3 Å². The van der Waals surface area contributed by atoms with Gasteiger partial charge in [-0.2, -0.15) is 0 Å². The van der Waals surface area contributed by atoms with Gasteiger partial charge in [-0.05, 0) is 6.07 Å². The number of hydrogen-bond donors (Lipinski definition) is 3. The largest absolute Gasteiger partial charge is 0.464 e. The van der Waals surface area contributed by atoms with Crippen LogP contribution in [0.1, 0.15) is 22.2 Å². The summed E-state index contributed by atoms with van der Waals surface area (Å²) >= 11 is 0. The van der Waals surface area contributed by atoms with Crippen molar-refractivity contribution in [3.05, 3.63) is 29.6 Å². The highest BCUT2D eigenvalue weighted by Gasteiger charge is 2.43. The Bertz CT molecular complexity index is 448. The third-order valence-corrected chi connectivity index (χ3v) is 3.05. The van der Waals surface area contributed by atoms with E-state index in [0.29, 0.717) is 5.56 Å². The van der Waals surface area contributed by atoms with Crippen LogP contribution in [0.3, 0.4) is 0 Å². The van der Waals surface area contributed by atoms with Gasteiger partial charge in [0.25, 0.3) is 0 Å². The Kier molecular flexibility index (Phi) is 4.11. The SMILES string of the molecule is COC(=O)c1ccc([C@H]2O[C@H](CO)[C@@H](O)[C@H]2O)cn1. The van der Waals surface area contributed by atoms with Gasteiger partial charge in [0.15, 0.2) is 0 Å². The van der Waals surface area contributed by atoms with Crippen molar-refractivity contribution in [2.45, 2.75) is 24.4 Å². The molecular weight excluding hydrogens is 254 g/mol. The zero-order chi connectivity index (χ0) is 14.0. The van der Waals surface area contributed by atoms with Crippen LogP contribution in [0.25, 0.3) is 0 Å². The van der Waals surface area contributed by atoms with Crippen molar-refractivity contribution in [3.8, 4) is 0 Å². The van der Waals surface area contributed by atoms with Crippen molar-refractivity contribution in [1.29, 1.82) is 0 Å². The summed E-state index contributed by atoms with van der Waals surface area (Å²) in [5.74, 6) is -0.562. The zero-order valence-corrected chi connectivity index (χ0v) is 10.3. The van der Waals surface area contributed by atoms with E-state index >= 15 is 0 Å². The molecule has 0 radical (unpaired) electrons. The fraction of sp³-hybridized carbons (Fsp3) is 0.500. The van der Waals surface area contributed by atoms with Crippen LogP contribution in [0.5, 0.6) is 0 Å². The number of esters is 1. The molecule has 3 N–H and O–H groups in total. The summed E-state index contributed by atoms with van der Waals surface area (Å²) in [5, 5.41) is 28.5. The molecule has 0 spiro atoms. The van der Waals surface area contributed by atoms with Gasteiger partial charge in [-0.1, -0.05) is 6.07 Å². The summed E-state index contributed by atoms with van der Waals surface area (Å²) in [5.41, 5.74) is 0.646. The first-order valence-corrected chi connectivity index (χ1v) is 5.75. The van der Waals surface area contributed by atoms with Crippen molar-refractivity contribution >= 4 is 5.97 Å². The first-order chi connectivity index (χ1) is 9.08. The minimum atomic E-state index is -1.16. The maximum atomic E-state index is 11.2. The van der Waals surface area contributed by atoms with E-state index in [2.05, 4.69) is 9.72 Å². The van der Waals surface area contributed by atoms with E-state index in [1.165, 1.54) is 19.4 Å². The Morgan fingerprint density at radius 1 is 1.42 bits per heavy atom. The molecule has 4 atom stereocenters. The molecule has 104 valence electrons. The van der Waals surface area contributed by atoms with Crippen LogP contribution in [0, 0.1) is 0 Å². The number of aliphatic hydroxyl groups excluding tert-OH is 3. The first kappa shape index (κ1) is 13.9. The summed E-state index contributed by atoms with van der Waals surface area (Å²) in [4.78, 5) is 15.1. The highest BCUT2D eigenvalue weighted by molar-refractivity contribution is 5.86. The molecule has 1 saturated heterocycles. The van der Waals surface area contributed by atoms with Gasteiger partial charge in [-0.3, -0.25) is 0 Å². The number of pyridine rings is 1. The van der Waals surface area contributed by atoms with E-state index in [9.17, 15) is 15.0 Å². The number of methoxy groups -OCH3 is 1. The van der Waals surface area contributed by atoms with Crippen molar-refractivity contribution in [2.75, 3.05) is 13.7 Å². The van der Waals surface area contributed by atoms with E-state index in [1.54, 1.807) is 6.07 Å². The van der Waals surface area contributed by atoms with Crippen molar-refractivity contribution in [3.63, 3.8) is 0 Å². The number of aromatic nitrogens is 1. The highest BCUT2D eigenvalue weighted by atomic mass is 16.6. The molecule has 1 aliphatic heterocycles. The fourth-order valence-electron chi connectivity index (χ4n) is 1.97. The van der Waals surface area contributed by atoms with Gasteiger partial charge in [0.2, 0.25) is 0 Å². The average molecular weight is 269 g/mol. The van der Waals surface area contributed by atoms with Crippen LogP contribution < -0.4 is 0 Å². The maximum absolute atomic E-state index is 11.2. The standard InChI is InChI=1S/C12H15NO6/c1-18-12(17)7-3-2-6(4-13-7)11-10(16)9(15)8(5-14)19-11/h2-4,8-11,14-16H,5H2,1H3/t8-,9-,10-,11-/m1/s1. The Hall–Kier alpha value is -1.54. The van der Waals surface area contributed by atoms with Crippen LogP contribution in [-0.2, 0) is 9.47 Å². The summed E-state index contributed by atoms with van der Waals surface area (Å²) < 4.78 is 9.86. The smallest absolute Gasteiger partial charge is 0.356 e. The summed E-state index contributed by atoms with van der Waals surface area (Å²) in [6.07, 6.45) is -2.56. The molecule has 0 aliphatic carbocycles. The second-order valence-corrected chi connectivity index (χ2v) is 4.23. The minimum Gasteiger partial charge on any atom is -0.464 e.